The van der Waals surface area contributed by atoms with Gasteiger partial charge < -0.3 is 9.64 Å². The Hall–Kier alpha value is -0.990. The second-order valence-electron chi connectivity index (χ2n) is 6.45. The molecule has 0 saturated carbocycles. The Kier molecular flexibility index (Phi) is 6.13. The van der Waals surface area contributed by atoms with Gasteiger partial charge in [0.25, 0.3) is 0 Å². The Balaban J connectivity index is 1.87. The molecule has 3 atom stereocenters. The zero-order chi connectivity index (χ0) is 15.2. The van der Waals surface area contributed by atoms with E-state index in [1.807, 2.05) is 24.3 Å². The number of rotatable bonds is 6. The lowest BCUT2D eigenvalue weighted by Gasteiger charge is -2.31. The maximum atomic E-state index is 6.05. The van der Waals surface area contributed by atoms with Crippen LogP contribution >= 0.6 is 11.6 Å². The fourth-order valence-electron chi connectivity index (χ4n) is 3.44. The van der Waals surface area contributed by atoms with Gasteiger partial charge in [0.2, 0.25) is 0 Å². The summed E-state index contributed by atoms with van der Waals surface area (Å²) in [6.07, 6.45) is 4.04. The topological polar surface area (TPSA) is 13.7 Å². The standard InChI is InChI=1S/C18H26ClNO/c1-4-5-16-11-17(19)6-7-18(16)21-9-8-20-12-14(2)10-15(3)13-20/h4,6-7,11,14-15H,1,5,8-10,12-13H2,2-3H3/p+1/t14-,15+. The Morgan fingerprint density at radius 1 is 1.33 bits per heavy atom. The first-order chi connectivity index (χ1) is 10.1. The predicted octanol–water partition coefficient (Wildman–Crippen LogP) is 3.01. The van der Waals surface area contributed by atoms with E-state index in [9.17, 15) is 0 Å². The average molecular weight is 309 g/mol. The minimum atomic E-state index is 0.753. The van der Waals surface area contributed by atoms with Crippen molar-refractivity contribution in [2.45, 2.75) is 26.7 Å². The second-order valence-corrected chi connectivity index (χ2v) is 6.88. The molecule has 0 aromatic heterocycles. The lowest BCUT2D eigenvalue weighted by Crippen LogP contribution is -3.14. The van der Waals surface area contributed by atoms with Crippen LogP contribution in [0.25, 0.3) is 0 Å². The number of hydrogen-bond donors (Lipinski definition) is 1. The van der Waals surface area contributed by atoms with Crippen LogP contribution < -0.4 is 9.64 Å². The molecule has 1 aromatic carbocycles. The van der Waals surface area contributed by atoms with Crippen LogP contribution in [0.1, 0.15) is 25.8 Å². The summed E-state index contributed by atoms with van der Waals surface area (Å²) in [6.45, 7) is 12.9. The predicted molar refractivity (Wildman–Crippen MR) is 89.4 cm³/mol. The summed E-state index contributed by atoms with van der Waals surface area (Å²) >= 11 is 6.05. The van der Waals surface area contributed by atoms with E-state index >= 15 is 0 Å². The van der Waals surface area contributed by atoms with Crippen molar-refractivity contribution >= 4 is 11.6 Å². The fraction of sp³-hybridized carbons (Fsp3) is 0.556. The number of piperidine rings is 1. The van der Waals surface area contributed by atoms with Crippen molar-refractivity contribution in [1.82, 2.24) is 0 Å². The molecule has 0 amide bonds. The lowest BCUT2D eigenvalue weighted by atomic mass is 9.92. The number of hydrogen-bond acceptors (Lipinski definition) is 1. The Bertz CT molecular complexity index is 464. The summed E-state index contributed by atoms with van der Waals surface area (Å²) in [5, 5.41) is 0.753. The van der Waals surface area contributed by atoms with Gasteiger partial charge in [0.15, 0.2) is 0 Å². The Labute approximate surface area is 133 Å². The molecule has 1 aromatic rings. The van der Waals surface area contributed by atoms with Gasteiger partial charge in [-0.1, -0.05) is 31.5 Å². The molecular formula is C18H27ClNO+. The third kappa shape index (κ3) is 5.05. The van der Waals surface area contributed by atoms with Crippen LogP contribution in [0.5, 0.6) is 5.75 Å². The number of likely N-dealkylation sites (tertiary alicyclic amines) is 1. The average Bonchev–Trinajstić information content (AvgIpc) is 2.40. The van der Waals surface area contributed by atoms with Crippen molar-refractivity contribution in [1.29, 1.82) is 0 Å². The molecule has 1 aliphatic rings. The van der Waals surface area contributed by atoms with Crippen molar-refractivity contribution in [2.75, 3.05) is 26.2 Å². The Morgan fingerprint density at radius 2 is 2.05 bits per heavy atom. The maximum Gasteiger partial charge on any atom is 0.137 e. The molecule has 3 heteroatoms. The summed E-state index contributed by atoms with van der Waals surface area (Å²) < 4.78 is 5.99. The highest BCUT2D eigenvalue weighted by Crippen LogP contribution is 2.23. The van der Waals surface area contributed by atoms with E-state index in [0.717, 1.165) is 47.7 Å². The van der Waals surface area contributed by atoms with E-state index in [1.54, 1.807) is 4.90 Å². The molecule has 21 heavy (non-hydrogen) atoms. The number of quaternary nitrogens is 1. The van der Waals surface area contributed by atoms with Crippen LogP contribution in [0.15, 0.2) is 30.9 Å². The van der Waals surface area contributed by atoms with Gasteiger partial charge >= 0.3 is 0 Å². The number of ether oxygens (including phenoxy) is 1. The quantitative estimate of drug-likeness (QED) is 0.798. The van der Waals surface area contributed by atoms with Gasteiger partial charge in [-0.25, -0.2) is 0 Å². The van der Waals surface area contributed by atoms with Crippen molar-refractivity contribution < 1.29 is 9.64 Å². The van der Waals surface area contributed by atoms with Gasteiger partial charge in [0.05, 0.1) is 13.1 Å². The van der Waals surface area contributed by atoms with Crippen LogP contribution in [-0.2, 0) is 6.42 Å². The number of benzene rings is 1. The van der Waals surface area contributed by atoms with Gasteiger partial charge in [0.1, 0.15) is 18.9 Å². The first kappa shape index (κ1) is 16.4. The SMILES string of the molecule is C=CCc1cc(Cl)ccc1OCC[NH+]1C[C@H](C)C[C@H](C)C1. The van der Waals surface area contributed by atoms with Crippen LogP contribution in [0, 0.1) is 11.8 Å². The molecule has 1 saturated heterocycles. The summed E-state index contributed by atoms with van der Waals surface area (Å²) in [5.41, 5.74) is 1.12. The zero-order valence-electron chi connectivity index (χ0n) is 13.2. The Morgan fingerprint density at radius 3 is 2.71 bits per heavy atom. The first-order valence-electron chi connectivity index (χ1n) is 7.94. The molecule has 0 bridgehead atoms. The molecule has 1 unspecified atom stereocenters. The molecule has 0 aliphatic carbocycles. The van der Waals surface area contributed by atoms with E-state index in [1.165, 1.54) is 19.5 Å². The molecule has 2 rings (SSSR count). The van der Waals surface area contributed by atoms with Crippen LogP contribution in [-0.4, -0.2) is 26.2 Å². The monoisotopic (exact) mass is 308 g/mol. The largest absolute Gasteiger partial charge is 0.487 e. The molecule has 2 nitrogen and oxygen atoms in total. The van der Waals surface area contributed by atoms with E-state index in [2.05, 4.69) is 20.4 Å². The molecular weight excluding hydrogens is 282 g/mol. The van der Waals surface area contributed by atoms with Gasteiger partial charge in [-0.2, -0.15) is 0 Å². The smallest absolute Gasteiger partial charge is 0.137 e. The molecule has 1 aliphatic heterocycles. The lowest BCUT2D eigenvalue weighted by molar-refractivity contribution is -0.912. The highest BCUT2D eigenvalue weighted by atomic mass is 35.5. The minimum absolute atomic E-state index is 0.753. The van der Waals surface area contributed by atoms with Gasteiger partial charge in [-0.3, -0.25) is 0 Å². The summed E-state index contributed by atoms with van der Waals surface area (Å²) in [5.74, 6) is 2.60. The molecule has 1 N–H and O–H groups in total. The van der Waals surface area contributed by atoms with Gasteiger partial charge in [-0.15, -0.1) is 6.58 Å². The van der Waals surface area contributed by atoms with Crippen molar-refractivity contribution in [3.63, 3.8) is 0 Å². The molecule has 1 fully saturated rings. The summed E-state index contributed by atoms with van der Waals surface area (Å²) in [4.78, 5) is 1.67. The first-order valence-corrected chi connectivity index (χ1v) is 8.32. The highest BCUT2D eigenvalue weighted by Gasteiger charge is 2.24. The number of halogens is 1. The normalized spacial score (nSPS) is 25.6. The summed E-state index contributed by atoms with van der Waals surface area (Å²) in [6, 6.07) is 5.83. The van der Waals surface area contributed by atoms with E-state index in [4.69, 9.17) is 16.3 Å². The highest BCUT2D eigenvalue weighted by molar-refractivity contribution is 6.30. The maximum absolute atomic E-state index is 6.05. The summed E-state index contributed by atoms with van der Waals surface area (Å²) in [7, 11) is 0. The van der Waals surface area contributed by atoms with Crippen molar-refractivity contribution in [3.05, 3.63) is 41.4 Å². The number of nitrogens with one attached hydrogen (secondary N) is 1. The zero-order valence-corrected chi connectivity index (χ0v) is 14.0. The van der Waals surface area contributed by atoms with Crippen LogP contribution in [0.2, 0.25) is 5.02 Å². The van der Waals surface area contributed by atoms with E-state index in [0.29, 0.717) is 0 Å². The molecule has 0 radical (unpaired) electrons. The van der Waals surface area contributed by atoms with E-state index < -0.39 is 0 Å². The minimum Gasteiger partial charge on any atom is -0.487 e. The molecule has 0 spiro atoms. The van der Waals surface area contributed by atoms with Crippen molar-refractivity contribution in [3.8, 4) is 5.75 Å². The number of allylic oxidation sites excluding steroid dienone is 1. The van der Waals surface area contributed by atoms with Crippen LogP contribution in [0.4, 0.5) is 0 Å². The third-order valence-electron chi connectivity index (χ3n) is 4.18. The van der Waals surface area contributed by atoms with E-state index in [-0.39, 0.29) is 0 Å². The third-order valence-corrected chi connectivity index (χ3v) is 4.41. The van der Waals surface area contributed by atoms with Crippen LogP contribution in [0.3, 0.4) is 0 Å². The van der Waals surface area contributed by atoms with Gasteiger partial charge in [-0.05, 0) is 36.6 Å². The molecule has 1 heterocycles. The van der Waals surface area contributed by atoms with Crippen molar-refractivity contribution in [2.24, 2.45) is 11.8 Å². The van der Waals surface area contributed by atoms with Gasteiger partial charge in [0, 0.05) is 16.9 Å². The molecule has 116 valence electrons. The second kappa shape index (κ2) is 7.86. The fourth-order valence-corrected chi connectivity index (χ4v) is 3.63.